The molecule has 2 amide bonds. The van der Waals surface area contributed by atoms with E-state index in [0.717, 1.165) is 18.8 Å². The van der Waals surface area contributed by atoms with Crippen LogP contribution in [0.25, 0.3) is 0 Å². The summed E-state index contributed by atoms with van der Waals surface area (Å²) in [5.74, 6) is 0.288. The summed E-state index contributed by atoms with van der Waals surface area (Å²) in [5, 5.41) is 7.36. The second-order valence-electron chi connectivity index (χ2n) is 6.32. The first-order valence-corrected chi connectivity index (χ1v) is 9.88. The van der Waals surface area contributed by atoms with Crippen molar-refractivity contribution in [2.75, 3.05) is 26.4 Å². The monoisotopic (exact) mass is 488 g/mol. The van der Waals surface area contributed by atoms with Crippen molar-refractivity contribution in [3.05, 3.63) is 35.4 Å². The maximum Gasteiger partial charge on any atom is 0.261 e. The third-order valence-electron chi connectivity index (χ3n) is 4.79. The summed E-state index contributed by atoms with van der Waals surface area (Å²) < 4.78 is 0. The average molecular weight is 488 g/mol. The van der Waals surface area contributed by atoms with Gasteiger partial charge in [-0.05, 0) is 37.7 Å². The minimum absolute atomic E-state index is 0. The van der Waals surface area contributed by atoms with Gasteiger partial charge in [-0.15, -0.1) is 24.0 Å². The molecule has 1 aliphatic heterocycles. The fourth-order valence-electron chi connectivity index (χ4n) is 3.40. The summed E-state index contributed by atoms with van der Waals surface area (Å²) in [5.41, 5.74) is 0.980. The first-order chi connectivity index (χ1) is 12.1. The number of halogens is 1. The number of hydrogen-bond acceptors (Lipinski definition) is 4. The molecule has 2 aliphatic rings. The Morgan fingerprint density at radius 2 is 1.88 bits per heavy atom. The molecule has 1 fully saturated rings. The van der Waals surface area contributed by atoms with E-state index in [1.165, 1.54) is 11.3 Å². The Balaban J connectivity index is 0.00000243. The SMILES string of the molecule is CN=C(NCCN1C(=O)c2ccccc2C1=O)NC1CCC(SC)C1.I. The van der Waals surface area contributed by atoms with Crippen molar-refractivity contribution in [3.63, 3.8) is 0 Å². The summed E-state index contributed by atoms with van der Waals surface area (Å²) in [6, 6.07) is 7.39. The van der Waals surface area contributed by atoms with Crippen molar-refractivity contribution in [1.29, 1.82) is 0 Å². The minimum Gasteiger partial charge on any atom is -0.355 e. The quantitative estimate of drug-likeness (QED) is 0.288. The number of thioether (sulfide) groups is 1. The zero-order valence-electron chi connectivity index (χ0n) is 15.0. The molecule has 0 saturated heterocycles. The summed E-state index contributed by atoms with van der Waals surface area (Å²) in [6.07, 6.45) is 5.66. The molecule has 1 aromatic rings. The molecule has 2 unspecified atom stereocenters. The summed E-state index contributed by atoms with van der Waals surface area (Å²) in [7, 11) is 1.73. The molecule has 3 rings (SSSR count). The van der Waals surface area contributed by atoms with Gasteiger partial charge in [0.05, 0.1) is 11.1 Å². The Kier molecular flexibility index (Phi) is 7.75. The normalized spacial score (nSPS) is 22.2. The highest BCUT2D eigenvalue weighted by molar-refractivity contribution is 14.0. The number of imide groups is 1. The van der Waals surface area contributed by atoms with E-state index in [2.05, 4.69) is 21.9 Å². The Morgan fingerprint density at radius 3 is 2.42 bits per heavy atom. The lowest BCUT2D eigenvalue weighted by molar-refractivity contribution is 0.0657. The Bertz CT molecular complexity index is 663. The van der Waals surface area contributed by atoms with Crippen LogP contribution in [0.1, 0.15) is 40.0 Å². The molecule has 1 aliphatic carbocycles. The number of nitrogens with zero attached hydrogens (tertiary/aromatic N) is 2. The Morgan fingerprint density at radius 1 is 1.23 bits per heavy atom. The van der Waals surface area contributed by atoms with E-state index in [1.807, 2.05) is 11.8 Å². The molecular formula is C18H25IN4O2S. The summed E-state index contributed by atoms with van der Waals surface area (Å²) in [6.45, 7) is 0.801. The minimum atomic E-state index is -0.219. The zero-order chi connectivity index (χ0) is 17.8. The molecular weight excluding hydrogens is 463 g/mol. The summed E-state index contributed by atoms with van der Waals surface area (Å²) in [4.78, 5) is 30.2. The number of carbonyl (C=O) groups excluding carboxylic acids is 2. The van der Waals surface area contributed by atoms with Crippen LogP contribution >= 0.6 is 35.7 Å². The first-order valence-electron chi connectivity index (χ1n) is 8.59. The van der Waals surface area contributed by atoms with Gasteiger partial charge in [-0.2, -0.15) is 11.8 Å². The maximum atomic E-state index is 12.3. The van der Waals surface area contributed by atoms with Crippen LogP contribution in [0.3, 0.4) is 0 Å². The largest absolute Gasteiger partial charge is 0.355 e. The van der Waals surface area contributed by atoms with E-state index < -0.39 is 0 Å². The second kappa shape index (κ2) is 9.59. The lowest BCUT2D eigenvalue weighted by Gasteiger charge is -2.19. The van der Waals surface area contributed by atoms with Gasteiger partial charge in [0.25, 0.3) is 11.8 Å². The van der Waals surface area contributed by atoms with E-state index in [1.54, 1.807) is 31.3 Å². The highest BCUT2D eigenvalue weighted by atomic mass is 127. The molecule has 1 heterocycles. The molecule has 142 valence electrons. The van der Waals surface area contributed by atoms with Crippen molar-refractivity contribution in [3.8, 4) is 0 Å². The number of rotatable bonds is 5. The number of amides is 2. The van der Waals surface area contributed by atoms with E-state index in [0.29, 0.717) is 35.5 Å². The number of fused-ring (bicyclic) bond motifs is 1. The van der Waals surface area contributed by atoms with E-state index in [4.69, 9.17) is 0 Å². The number of nitrogens with one attached hydrogen (secondary N) is 2. The molecule has 0 radical (unpaired) electrons. The van der Waals surface area contributed by atoms with Gasteiger partial charge in [0.1, 0.15) is 0 Å². The van der Waals surface area contributed by atoms with Crippen LogP contribution in [0.5, 0.6) is 0 Å². The lowest BCUT2D eigenvalue weighted by atomic mass is 10.1. The van der Waals surface area contributed by atoms with Gasteiger partial charge < -0.3 is 10.6 Å². The van der Waals surface area contributed by atoms with Crippen LogP contribution in [0, 0.1) is 0 Å². The third kappa shape index (κ3) is 4.51. The molecule has 8 heteroatoms. The number of benzene rings is 1. The van der Waals surface area contributed by atoms with Crippen molar-refractivity contribution < 1.29 is 9.59 Å². The van der Waals surface area contributed by atoms with Gasteiger partial charge in [-0.25, -0.2) is 0 Å². The molecule has 1 aromatic carbocycles. The number of carbonyl (C=O) groups is 2. The number of aliphatic imine (C=N–C) groups is 1. The van der Waals surface area contributed by atoms with Crippen LogP contribution in [-0.4, -0.2) is 60.4 Å². The molecule has 1 saturated carbocycles. The van der Waals surface area contributed by atoms with Crippen molar-refractivity contribution in [1.82, 2.24) is 15.5 Å². The summed E-state index contributed by atoms with van der Waals surface area (Å²) >= 11 is 1.92. The lowest BCUT2D eigenvalue weighted by Crippen LogP contribution is -2.45. The molecule has 0 spiro atoms. The molecule has 6 nitrogen and oxygen atoms in total. The average Bonchev–Trinajstić information content (AvgIpc) is 3.19. The Hall–Kier alpha value is -1.29. The van der Waals surface area contributed by atoms with Crippen molar-refractivity contribution in [2.45, 2.75) is 30.6 Å². The van der Waals surface area contributed by atoms with Gasteiger partial charge in [0.2, 0.25) is 0 Å². The third-order valence-corrected chi connectivity index (χ3v) is 5.88. The molecule has 26 heavy (non-hydrogen) atoms. The van der Waals surface area contributed by atoms with E-state index >= 15 is 0 Å². The topological polar surface area (TPSA) is 73.8 Å². The fourth-order valence-corrected chi connectivity index (χ4v) is 4.20. The van der Waals surface area contributed by atoms with Gasteiger partial charge >= 0.3 is 0 Å². The van der Waals surface area contributed by atoms with Crippen LogP contribution in [0.4, 0.5) is 0 Å². The highest BCUT2D eigenvalue weighted by Gasteiger charge is 2.34. The first kappa shape index (κ1) is 21.0. The van der Waals surface area contributed by atoms with Gasteiger partial charge in [0, 0.05) is 31.4 Å². The maximum absolute atomic E-state index is 12.3. The zero-order valence-corrected chi connectivity index (χ0v) is 18.2. The Labute approximate surface area is 175 Å². The molecule has 0 bridgehead atoms. The highest BCUT2D eigenvalue weighted by Crippen LogP contribution is 2.28. The number of hydrogen-bond donors (Lipinski definition) is 2. The van der Waals surface area contributed by atoms with Gasteiger partial charge in [-0.1, -0.05) is 12.1 Å². The van der Waals surface area contributed by atoms with E-state index in [9.17, 15) is 9.59 Å². The second-order valence-corrected chi connectivity index (χ2v) is 7.46. The molecule has 2 N–H and O–H groups in total. The fraction of sp³-hybridized carbons (Fsp3) is 0.500. The van der Waals surface area contributed by atoms with Crippen LogP contribution in [0.15, 0.2) is 29.3 Å². The van der Waals surface area contributed by atoms with Crippen LogP contribution in [0.2, 0.25) is 0 Å². The predicted octanol–water partition coefficient (Wildman–Crippen LogP) is 2.35. The standard InChI is InChI=1S/C18H24N4O2S.HI/c1-19-18(21-12-7-8-13(11-12)25-2)20-9-10-22-16(23)14-5-3-4-6-15(14)17(22)24;/h3-6,12-13H,7-11H2,1-2H3,(H2,19,20,21);1H. The predicted molar refractivity (Wildman–Crippen MR) is 117 cm³/mol. The van der Waals surface area contributed by atoms with Crippen molar-refractivity contribution in [2.24, 2.45) is 4.99 Å². The van der Waals surface area contributed by atoms with E-state index in [-0.39, 0.29) is 35.8 Å². The smallest absolute Gasteiger partial charge is 0.261 e. The van der Waals surface area contributed by atoms with Gasteiger partial charge in [-0.3, -0.25) is 19.5 Å². The van der Waals surface area contributed by atoms with Crippen molar-refractivity contribution >= 4 is 53.5 Å². The number of guanidine groups is 1. The molecule has 2 atom stereocenters. The van der Waals surface area contributed by atoms with Crippen LogP contribution in [-0.2, 0) is 0 Å². The molecule has 0 aromatic heterocycles. The van der Waals surface area contributed by atoms with Crippen LogP contribution < -0.4 is 10.6 Å². The van der Waals surface area contributed by atoms with Gasteiger partial charge in [0.15, 0.2) is 5.96 Å².